The maximum atomic E-state index is 14.0. The lowest BCUT2D eigenvalue weighted by Crippen LogP contribution is -2.31. The molecule has 31 heavy (non-hydrogen) atoms. The summed E-state index contributed by atoms with van der Waals surface area (Å²) in [5.74, 6) is -0.452. The number of ether oxygens (including phenoxy) is 1. The number of aryl methyl sites for hydroxylation is 1. The van der Waals surface area contributed by atoms with Gasteiger partial charge in [-0.2, -0.15) is 0 Å². The van der Waals surface area contributed by atoms with Gasteiger partial charge in [-0.15, -0.1) is 0 Å². The summed E-state index contributed by atoms with van der Waals surface area (Å²) in [6, 6.07) is 21.1. The normalized spacial score (nSPS) is 12.4. The Balaban J connectivity index is 1.79. The number of hydrogen-bond donors (Lipinski definition) is 1. The molecule has 4 aromatic rings. The molecule has 160 valence electrons. The number of halogens is 2. The molecule has 0 saturated carbocycles. The van der Waals surface area contributed by atoms with Gasteiger partial charge in [0.2, 0.25) is 5.62 Å². The first-order valence-corrected chi connectivity index (χ1v) is 10.6. The fourth-order valence-electron chi connectivity index (χ4n) is 4.02. The van der Waals surface area contributed by atoms with Crippen molar-refractivity contribution in [3.8, 4) is 0 Å². The average Bonchev–Trinajstić information content (AvgIpc) is 3.03. The lowest BCUT2D eigenvalue weighted by Gasteiger charge is -2.19. The number of para-hydroxylation sites is 2. The van der Waals surface area contributed by atoms with Crippen LogP contribution >= 0.6 is 11.6 Å². The van der Waals surface area contributed by atoms with E-state index in [0.717, 1.165) is 23.0 Å². The zero-order chi connectivity index (χ0) is 22.0. The van der Waals surface area contributed by atoms with Gasteiger partial charge in [0.05, 0.1) is 35.2 Å². The molecule has 0 fully saturated rings. The van der Waals surface area contributed by atoms with Crippen LogP contribution in [0.15, 0.2) is 66.7 Å². The third-order valence-corrected chi connectivity index (χ3v) is 5.86. The van der Waals surface area contributed by atoms with E-state index in [2.05, 4.69) is 31.2 Å². The van der Waals surface area contributed by atoms with Crippen molar-refractivity contribution in [1.29, 1.82) is 5.41 Å². The van der Waals surface area contributed by atoms with E-state index in [0.29, 0.717) is 18.8 Å². The molecule has 3 aromatic carbocycles. The molecule has 0 saturated heterocycles. The van der Waals surface area contributed by atoms with Crippen molar-refractivity contribution in [2.45, 2.75) is 25.9 Å². The first kappa shape index (κ1) is 21.3. The van der Waals surface area contributed by atoms with E-state index < -0.39 is 5.82 Å². The van der Waals surface area contributed by atoms with Crippen molar-refractivity contribution in [3.05, 3.63) is 99.9 Å². The van der Waals surface area contributed by atoms with Crippen LogP contribution in [0.5, 0.6) is 0 Å². The summed E-state index contributed by atoms with van der Waals surface area (Å²) in [5.41, 5.74) is 5.39. The van der Waals surface area contributed by atoms with Crippen molar-refractivity contribution < 1.29 is 9.13 Å². The zero-order valence-electron chi connectivity index (χ0n) is 17.6. The summed E-state index contributed by atoms with van der Waals surface area (Å²) in [7, 11) is 1.68. The molecule has 0 unspecified atom stereocenters. The lowest BCUT2D eigenvalue weighted by molar-refractivity contribution is 0.154. The minimum absolute atomic E-state index is 0.0479. The monoisotopic (exact) mass is 437 g/mol. The first-order valence-electron chi connectivity index (χ1n) is 10.2. The van der Waals surface area contributed by atoms with Crippen LogP contribution < -0.4 is 5.62 Å². The summed E-state index contributed by atoms with van der Waals surface area (Å²) in [4.78, 5) is 0. The molecule has 4 rings (SSSR count). The van der Waals surface area contributed by atoms with Crippen LogP contribution in [0.4, 0.5) is 4.39 Å². The van der Waals surface area contributed by atoms with Gasteiger partial charge in [0, 0.05) is 7.11 Å². The molecule has 0 aliphatic rings. The molecule has 0 bridgehead atoms. The SMILES string of the molecule is COC[C@H](Cc1ccc(C)cc1)n1c(=N)n(Cc2ccc(Cl)c(F)c2)c2ccccc21. The molecule has 4 nitrogen and oxygen atoms in total. The molecular weight excluding hydrogens is 413 g/mol. The van der Waals surface area contributed by atoms with Crippen LogP contribution in [0.3, 0.4) is 0 Å². The van der Waals surface area contributed by atoms with Crippen LogP contribution in [-0.2, 0) is 17.7 Å². The fourth-order valence-corrected chi connectivity index (χ4v) is 4.14. The summed E-state index contributed by atoms with van der Waals surface area (Å²) in [6.45, 7) is 2.93. The third-order valence-electron chi connectivity index (χ3n) is 5.56. The minimum Gasteiger partial charge on any atom is -0.383 e. The second-order valence-corrected chi connectivity index (χ2v) is 8.22. The van der Waals surface area contributed by atoms with Gasteiger partial charge in [-0.05, 0) is 48.7 Å². The van der Waals surface area contributed by atoms with E-state index >= 15 is 0 Å². The maximum absolute atomic E-state index is 14.0. The highest BCUT2D eigenvalue weighted by atomic mass is 35.5. The number of methoxy groups -OCH3 is 1. The third kappa shape index (κ3) is 4.43. The molecule has 0 aliphatic carbocycles. The summed E-state index contributed by atoms with van der Waals surface area (Å²) < 4.78 is 23.4. The standard InChI is InChI=1S/C25H25ClFN3O/c1-17-7-9-18(10-8-17)13-20(16-31-2)30-24-6-4-3-5-23(24)29(25(30)28)15-19-11-12-21(26)22(27)14-19/h3-12,14,20,28H,13,15-16H2,1-2H3/t20-/m0/s1. The molecule has 6 heteroatoms. The summed E-state index contributed by atoms with van der Waals surface area (Å²) in [5, 5.41) is 9.08. The number of imidazole rings is 1. The number of hydrogen-bond acceptors (Lipinski definition) is 2. The van der Waals surface area contributed by atoms with Gasteiger partial charge in [-0.25, -0.2) is 4.39 Å². The number of nitrogens with zero attached hydrogens (tertiary/aromatic N) is 2. The Labute approximate surface area is 186 Å². The molecule has 0 spiro atoms. The number of nitrogens with one attached hydrogen (secondary N) is 1. The van der Waals surface area contributed by atoms with Gasteiger partial charge in [0.15, 0.2) is 0 Å². The predicted molar refractivity (Wildman–Crippen MR) is 122 cm³/mol. The highest BCUT2D eigenvalue weighted by molar-refractivity contribution is 6.30. The van der Waals surface area contributed by atoms with E-state index in [4.69, 9.17) is 21.7 Å². The van der Waals surface area contributed by atoms with Gasteiger partial charge in [0.25, 0.3) is 0 Å². The summed E-state index contributed by atoms with van der Waals surface area (Å²) in [6.07, 6.45) is 0.744. The quantitative estimate of drug-likeness (QED) is 0.407. The number of aromatic nitrogens is 2. The Kier molecular flexibility index (Phi) is 6.25. The van der Waals surface area contributed by atoms with E-state index in [1.165, 1.54) is 17.2 Å². The predicted octanol–water partition coefficient (Wildman–Crippen LogP) is 5.50. The second-order valence-electron chi connectivity index (χ2n) is 7.82. The Bertz CT molecular complexity index is 1260. The topological polar surface area (TPSA) is 42.9 Å². The second kappa shape index (κ2) is 9.08. The highest BCUT2D eigenvalue weighted by Crippen LogP contribution is 2.23. The smallest absolute Gasteiger partial charge is 0.203 e. The van der Waals surface area contributed by atoms with Gasteiger partial charge in [-0.1, -0.05) is 59.6 Å². The highest BCUT2D eigenvalue weighted by Gasteiger charge is 2.19. The van der Waals surface area contributed by atoms with Crippen molar-refractivity contribution in [1.82, 2.24) is 9.13 Å². The Hall–Kier alpha value is -2.89. The minimum atomic E-state index is -0.452. The Morgan fingerprint density at radius 1 is 1.00 bits per heavy atom. The van der Waals surface area contributed by atoms with Gasteiger partial charge < -0.3 is 13.9 Å². The fraction of sp³-hybridized carbons (Fsp3) is 0.240. The maximum Gasteiger partial charge on any atom is 0.203 e. The van der Waals surface area contributed by atoms with Crippen LogP contribution in [-0.4, -0.2) is 22.9 Å². The lowest BCUT2D eigenvalue weighted by atomic mass is 10.0. The first-order chi connectivity index (χ1) is 15.0. The van der Waals surface area contributed by atoms with Gasteiger partial charge in [-0.3, -0.25) is 5.41 Å². The van der Waals surface area contributed by atoms with Crippen molar-refractivity contribution in [3.63, 3.8) is 0 Å². The molecular formula is C25H25ClFN3O. The van der Waals surface area contributed by atoms with E-state index in [1.807, 2.05) is 33.4 Å². The van der Waals surface area contributed by atoms with Crippen LogP contribution in [0.1, 0.15) is 22.7 Å². The Morgan fingerprint density at radius 2 is 1.68 bits per heavy atom. The van der Waals surface area contributed by atoms with Crippen molar-refractivity contribution in [2.75, 3.05) is 13.7 Å². The molecule has 0 amide bonds. The van der Waals surface area contributed by atoms with Crippen LogP contribution in [0.25, 0.3) is 11.0 Å². The Morgan fingerprint density at radius 3 is 2.35 bits per heavy atom. The van der Waals surface area contributed by atoms with E-state index in [9.17, 15) is 4.39 Å². The molecule has 0 aliphatic heterocycles. The number of rotatable bonds is 7. The van der Waals surface area contributed by atoms with E-state index in [1.54, 1.807) is 19.2 Å². The van der Waals surface area contributed by atoms with Gasteiger partial charge >= 0.3 is 0 Å². The van der Waals surface area contributed by atoms with Crippen molar-refractivity contribution in [2.24, 2.45) is 0 Å². The number of benzene rings is 3. The average molecular weight is 438 g/mol. The summed E-state index contributed by atoms with van der Waals surface area (Å²) >= 11 is 5.84. The number of fused-ring (bicyclic) bond motifs is 1. The molecule has 1 N–H and O–H groups in total. The van der Waals surface area contributed by atoms with E-state index in [-0.39, 0.29) is 11.1 Å². The molecule has 0 radical (unpaired) electrons. The van der Waals surface area contributed by atoms with Crippen LogP contribution in [0, 0.1) is 18.2 Å². The molecule has 1 aromatic heterocycles. The zero-order valence-corrected chi connectivity index (χ0v) is 18.4. The van der Waals surface area contributed by atoms with Crippen molar-refractivity contribution >= 4 is 22.6 Å². The largest absolute Gasteiger partial charge is 0.383 e. The van der Waals surface area contributed by atoms with Crippen LogP contribution in [0.2, 0.25) is 5.02 Å². The molecule has 1 heterocycles. The van der Waals surface area contributed by atoms with Gasteiger partial charge in [0.1, 0.15) is 5.82 Å². The molecule has 1 atom stereocenters.